The van der Waals surface area contributed by atoms with Crippen LogP contribution in [0.25, 0.3) is 11.0 Å². The number of halogens is 1. The summed E-state index contributed by atoms with van der Waals surface area (Å²) in [5.74, 6) is -0.797. The third-order valence-corrected chi connectivity index (χ3v) is 7.49. The van der Waals surface area contributed by atoms with Crippen molar-refractivity contribution >= 4 is 44.1 Å². The predicted molar refractivity (Wildman–Crippen MR) is 122 cm³/mol. The Bertz CT molecular complexity index is 1420. The van der Waals surface area contributed by atoms with Gasteiger partial charge in [0.1, 0.15) is 21.9 Å². The molecule has 0 radical (unpaired) electrons. The summed E-state index contributed by atoms with van der Waals surface area (Å²) in [6.07, 6.45) is 6.89. The fourth-order valence-electron chi connectivity index (χ4n) is 4.74. The number of aromatic nitrogens is 3. The fraction of sp³-hybridized carbons (Fsp3) is 0.364. The molecule has 9 nitrogen and oxygen atoms in total. The monoisotopic (exact) mass is 470 g/mol. The van der Waals surface area contributed by atoms with E-state index in [0.29, 0.717) is 29.9 Å². The van der Waals surface area contributed by atoms with Crippen LogP contribution < -0.4 is 10.7 Å². The summed E-state index contributed by atoms with van der Waals surface area (Å²) in [4.78, 5) is 21.8. The van der Waals surface area contributed by atoms with Crippen LogP contribution in [0.3, 0.4) is 0 Å². The van der Waals surface area contributed by atoms with Gasteiger partial charge in [-0.2, -0.15) is 10.1 Å². The first-order valence-corrected chi connectivity index (χ1v) is 12.6. The van der Waals surface area contributed by atoms with E-state index in [1.165, 1.54) is 12.1 Å². The molecule has 0 atom stereocenters. The quantitative estimate of drug-likeness (QED) is 0.607. The Morgan fingerprint density at radius 3 is 2.64 bits per heavy atom. The summed E-state index contributed by atoms with van der Waals surface area (Å²) in [5, 5.41) is 7.97. The van der Waals surface area contributed by atoms with Gasteiger partial charge < -0.3 is 9.88 Å². The first-order chi connectivity index (χ1) is 15.7. The van der Waals surface area contributed by atoms with E-state index < -0.39 is 21.2 Å². The largest absolute Gasteiger partial charge is 0.324 e. The third-order valence-electron chi connectivity index (χ3n) is 6.36. The van der Waals surface area contributed by atoms with Gasteiger partial charge in [-0.25, -0.2) is 23.2 Å². The summed E-state index contributed by atoms with van der Waals surface area (Å²) < 4.78 is 39.7. The van der Waals surface area contributed by atoms with Crippen molar-refractivity contribution in [2.75, 3.05) is 11.6 Å². The number of nitrogens with one attached hydrogen (secondary N) is 2. The third kappa shape index (κ3) is 3.56. The highest BCUT2D eigenvalue weighted by Gasteiger charge is 2.45. The fourth-order valence-corrected chi connectivity index (χ4v) is 5.47. The van der Waals surface area contributed by atoms with Gasteiger partial charge in [0.05, 0.1) is 11.4 Å². The molecule has 172 valence electrons. The summed E-state index contributed by atoms with van der Waals surface area (Å²) >= 11 is 0. The first-order valence-electron chi connectivity index (χ1n) is 10.7. The molecule has 0 unspecified atom stereocenters. The van der Waals surface area contributed by atoms with Crippen molar-refractivity contribution in [3.63, 3.8) is 0 Å². The average molecular weight is 471 g/mol. The molecule has 0 saturated heterocycles. The predicted octanol–water partition coefficient (Wildman–Crippen LogP) is 3.23. The molecule has 2 N–H and O–H groups in total. The van der Waals surface area contributed by atoms with Crippen LogP contribution in [0.2, 0.25) is 0 Å². The molecular formula is C22H23FN6O3S. The van der Waals surface area contributed by atoms with Gasteiger partial charge in [0.25, 0.3) is 5.91 Å². The van der Waals surface area contributed by atoms with Crippen LogP contribution in [0.5, 0.6) is 0 Å². The van der Waals surface area contributed by atoms with Crippen molar-refractivity contribution < 1.29 is 17.6 Å². The van der Waals surface area contributed by atoms with Crippen LogP contribution in [-0.4, -0.2) is 40.8 Å². The second-order valence-corrected chi connectivity index (χ2v) is 10.6. The minimum absolute atomic E-state index is 0.149. The van der Waals surface area contributed by atoms with Crippen LogP contribution in [0, 0.1) is 5.82 Å². The number of hydrogen-bond acceptors (Lipinski definition) is 7. The lowest BCUT2D eigenvalue weighted by molar-refractivity contribution is -0.131. The van der Waals surface area contributed by atoms with E-state index in [9.17, 15) is 17.6 Å². The molecule has 3 heterocycles. The van der Waals surface area contributed by atoms with E-state index in [4.69, 9.17) is 0 Å². The molecule has 1 spiro atoms. The minimum atomic E-state index is -3.67. The number of hydrogen-bond donors (Lipinski definition) is 2. The Kier molecular flexibility index (Phi) is 4.96. The Labute approximate surface area is 190 Å². The first kappa shape index (κ1) is 21.5. The lowest BCUT2D eigenvalue weighted by Crippen LogP contribution is -2.48. The number of anilines is 2. The SMILES string of the molecule is CC1=NNC(=O)C2(CCCCC2)n2c1cc1cnc(Nc3ccc(S(C)(=O)=O)c(F)c3)nc12. The maximum atomic E-state index is 14.3. The second kappa shape index (κ2) is 7.62. The molecule has 1 amide bonds. The van der Waals surface area contributed by atoms with E-state index in [0.717, 1.165) is 42.7 Å². The van der Waals surface area contributed by atoms with Crippen LogP contribution in [0.1, 0.15) is 44.7 Å². The summed E-state index contributed by atoms with van der Waals surface area (Å²) in [5.41, 5.74) is 4.30. The molecule has 1 aromatic carbocycles. The molecule has 2 aliphatic rings. The normalized spacial score (nSPS) is 17.9. The molecule has 5 rings (SSSR count). The lowest BCUT2D eigenvalue weighted by atomic mass is 9.80. The van der Waals surface area contributed by atoms with Crippen molar-refractivity contribution in [2.45, 2.75) is 49.5 Å². The number of benzene rings is 1. The number of carbonyl (C=O) groups excluding carboxylic acids is 1. The molecule has 1 fully saturated rings. The van der Waals surface area contributed by atoms with Crippen molar-refractivity contribution in [3.05, 3.63) is 42.0 Å². The Balaban J connectivity index is 1.61. The van der Waals surface area contributed by atoms with Gasteiger partial charge in [0.2, 0.25) is 5.95 Å². The van der Waals surface area contributed by atoms with Crippen LogP contribution in [-0.2, 0) is 20.2 Å². The highest BCUT2D eigenvalue weighted by molar-refractivity contribution is 7.90. The number of rotatable bonds is 3. The molecule has 2 aromatic heterocycles. The van der Waals surface area contributed by atoms with Gasteiger partial charge in [-0.15, -0.1) is 0 Å². The standard InChI is InChI=1S/C22H23FN6O3S/c1-13-17-10-14-12-24-21(25-15-6-7-18(16(23)11-15)33(2,31)32)26-19(14)29(17)22(20(30)28-27-13)8-4-3-5-9-22/h6-7,10-12H,3-5,8-9H2,1-2H3,(H,28,30)(H,24,25,26). The van der Waals surface area contributed by atoms with Crippen LogP contribution in [0.15, 0.2) is 40.5 Å². The molecular weight excluding hydrogens is 447 g/mol. The van der Waals surface area contributed by atoms with Crippen molar-refractivity contribution in [1.82, 2.24) is 20.0 Å². The molecule has 33 heavy (non-hydrogen) atoms. The van der Waals surface area contributed by atoms with E-state index in [-0.39, 0.29) is 16.8 Å². The number of nitrogens with zero attached hydrogens (tertiary/aromatic N) is 4. The molecule has 1 aliphatic heterocycles. The zero-order chi connectivity index (χ0) is 23.4. The van der Waals surface area contributed by atoms with Crippen LogP contribution in [0.4, 0.5) is 16.0 Å². The maximum absolute atomic E-state index is 14.3. The van der Waals surface area contributed by atoms with E-state index >= 15 is 0 Å². The summed E-state index contributed by atoms with van der Waals surface area (Å²) in [6, 6.07) is 5.68. The van der Waals surface area contributed by atoms with E-state index in [1.807, 2.05) is 17.6 Å². The second-order valence-electron chi connectivity index (χ2n) is 8.61. The number of hydrazone groups is 1. The zero-order valence-corrected chi connectivity index (χ0v) is 19.0. The van der Waals surface area contributed by atoms with Crippen molar-refractivity contribution in [3.8, 4) is 0 Å². The van der Waals surface area contributed by atoms with Gasteiger partial charge in [0, 0.05) is 23.5 Å². The number of amides is 1. The smallest absolute Gasteiger partial charge is 0.266 e. The highest BCUT2D eigenvalue weighted by Crippen LogP contribution is 2.40. The van der Waals surface area contributed by atoms with E-state index in [2.05, 4.69) is 25.8 Å². The molecule has 11 heteroatoms. The average Bonchev–Trinajstić information content (AvgIpc) is 3.12. The molecule has 1 saturated carbocycles. The number of carbonyl (C=O) groups is 1. The lowest BCUT2D eigenvalue weighted by Gasteiger charge is -2.37. The van der Waals surface area contributed by atoms with Gasteiger partial charge in [-0.05, 0) is 44.0 Å². The summed E-state index contributed by atoms with van der Waals surface area (Å²) in [7, 11) is -3.67. The Morgan fingerprint density at radius 2 is 1.94 bits per heavy atom. The van der Waals surface area contributed by atoms with Gasteiger partial charge in [0.15, 0.2) is 9.84 Å². The minimum Gasteiger partial charge on any atom is -0.324 e. The van der Waals surface area contributed by atoms with Crippen LogP contribution >= 0.6 is 0 Å². The Morgan fingerprint density at radius 1 is 1.18 bits per heavy atom. The molecule has 0 bridgehead atoms. The Hall–Kier alpha value is -3.34. The summed E-state index contributed by atoms with van der Waals surface area (Å²) in [6.45, 7) is 1.84. The van der Waals surface area contributed by atoms with Crippen molar-refractivity contribution in [2.24, 2.45) is 5.10 Å². The highest BCUT2D eigenvalue weighted by atomic mass is 32.2. The maximum Gasteiger partial charge on any atom is 0.266 e. The van der Waals surface area contributed by atoms with Crippen molar-refractivity contribution in [1.29, 1.82) is 0 Å². The molecule has 1 aliphatic carbocycles. The molecule has 3 aromatic rings. The van der Waals surface area contributed by atoms with Gasteiger partial charge in [-0.3, -0.25) is 4.79 Å². The number of sulfone groups is 1. The zero-order valence-electron chi connectivity index (χ0n) is 18.2. The topological polar surface area (TPSA) is 118 Å². The van der Waals surface area contributed by atoms with Gasteiger partial charge in [-0.1, -0.05) is 19.3 Å². The number of fused-ring (bicyclic) bond motifs is 4. The van der Waals surface area contributed by atoms with E-state index in [1.54, 1.807) is 6.20 Å². The van der Waals surface area contributed by atoms with Gasteiger partial charge >= 0.3 is 0 Å².